The third-order valence-electron chi connectivity index (χ3n) is 2.31. The van der Waals surface area contributed by atoms with Gasteiger partial charge >= 0.3 is 0 Å². The van der Waals surface area contributed by atoms with Crippen molar-refractivity contribution >= 4 is 5.91 Å². The van der Waals surface area contributed by atoms with Crippen molar-refractivity contribution in [1.29, 1.82) is 0 Å². The second-order valence-electron chi connectivity index (χ2n) is 3.63. The molecule has 0 spiro atoms. The Bertz CT molecular complexity index is 146. The largest absolute Gasteiger partial charge is 0.396 e. The number of nitrogens with zero attached hydrogens (tertiary/aromatic N) is 1. The fraction of sp³-hybridized carbons (Fsp3) is 0.900. The Kier molecular flexibility index (Phi) is 6.59. The molecule has 1 N–H and O–H groups in total. The van der Waals surface area contributed by atoms with Gasteiger partial charge < -0.3 is 10.0 Å². The highest BCUT2D eigenvalue weighted by Crippen LogP contribution is 2.15. The van der Waals surface area contributed by atoms with Crippen molar-refractivity contribution in [3.63, 3.8) is 0 Å². The molecule has 0 saturated heterocycles. The van der Waals surface area contributed by atoms with Crippen LogP contribution in [0.15, 0.2) is 0 Å². The van der Waals surface area contributed by atoms with Crippen LogP contribution in [0.1, 0.15) is 32.6 Å². The minimum Gasteiger partial charge on any atom is -0.396 e. The third-order valence-corrected chi connectivity index (χ3v) is 2.31. The Hall–Kier alpha value is -0.570. The lowest BCUT2D eigenvalue weighted by atomic mass is 9.96. The zero-order valence-corrected chi connectivity index (χ0v) is 8.92. The summed E-state index contributed by atoms with van der Waals surface area (Å²) in [6.45, 7) is 2.32. The Balaban J connectivity index is 3.76. The summed E-state index contributed by atoms with van der Waals surface area (Å²) in [6, 6.07) is 0. The van der Waals surface area contributed by atoms with Crippen LogP contribution in [0.2, 0.25) is 0 Å². The third kappa shape index (κ3) is 5.64. The minimum absolute atomic E-state index is 0.185. The average Bonchev–Trinajstić information content (AvgIpc) is 2.11. The van der Waals surface area contributed by atoms with E-state index in [4.69, 9.17) is 5.11 Å². The highest BCUT2D eigenvalue weighted by Gasteiger charge is 2.12. The molecular weight excluding hydrogens is 166 g/mol. The summed E-state index contributed by atoms with van der Waals surface area (Å²) < 4.78 is 0. The molecule has 13 heavy (non-hydrogen) atoms. The molecule has 0 aromatic rings. The molecule has 0 heterocycles. The van der Waals surface area contributed by atoms with E-state index in [1.807, 2.05) is 0 Å². The highest BCUT2D eigenvalue weighted by molar-refractivity contribution is 5.75. The van der Waals surface area contributed by atoms with E-state index in [2.05, 4.69) is 6.92 Å². The molecule has 3 heteroatoms. The van der Waals surface area contributed by atoms with Crippen LogP contribution in [0, 0.1) is 5.92 Å². The van der Waals surface area contributed by atoms with E-state index in [-0.39, 0.29) is 12.5 Å². The first-order valence-corrected chi connectivity index (χ1v) is 4.92. The Labute approximate surface area is 80.7 Å². The van der Waals surface area contributed by atoms with Gasteiger partial charge in [-0.3, -0.25) is 4.79 Å². The fourth-order valence-corrected chi connectivity index (χ4v) is 1.26. The van der Waals surface area contributed by atoms with E-state index in [1.165, 1.54) is 0 Å². The van der Waals surface area contributed by atoms with E-state index in [9.17, 15) is 4.79 Å². The number of rotatable bonds is 6. The molecule has 3 nitrogen and oxygen atoms in total. The van der Waals surface area contributed by atoms with Crippen LogP contribution < -0.4 is 0 Å². The van der Waals surface area contributed by atoms with Crippen molar-refractivity contribution in [3.05, 3.63) is 0 Å². The number of aliphatic hydroxyl groups is 1. The monoisotopic (exact) mass is 187 g/mol. The molecule has 0 aliphatic carbocycles. The summed E-state index contributed by atoms with van der Waals surface area (Å²) in [5.74, 6) is 0.617. The first kappa shape index (κ1) is 12.4. The summed E-state index contributed by atoms with van der Waals surface area (Å²) in [4.78, 5) is 13.0. The van der Waals surface area contributed by atoms with Crippen LogP contribution in [0.25, 0.3) is 0 Å². The first-order chi connectivity index (χ1) is 6.11. The molecule has 0 aromatic heterocycles. The van der Waals surface area contributed by atoms with Gasteiger partial charge in [0.25, 0.3) is 0 Å². The molecule has 0 aliphatic rings. The quantitative estimate of drug-likeness (QED) is 0.680. The van der Waals surface area contributed by atoms with Crippen molar-refractivity contribution in [2.75, 3.05) is 20.7 Å². The van der Waals surface area contributed by atoms with E-state index >= 15 is 0 Å². The fourth-order valence-electron chi connectivity index (χ4n) is 1.26. The van der Waals surface area contributed by atoms with Crippen LogP contribution in [-0.4, -0.2) is 36.6 Å². The number of amides is 1. The molecular formula is C10H21NO2. The Morgan fingerprint density at radius 1 is 1.46 bits per heavy atom. The maximum absolute atomic E-state index is 11.3. The van der Waals surface area contributed by atoms with Gasteiger partial charge in [0.05, 0.1) is 0 Å². The Morgan fingerprint density at radius 3 is 2.46 bits per heavy atom. The maximum Gasteiger partial charge on any atom is 0.222 e. The smallest absolute Gasteiger partial charge is 0.222 e. The molecule has 1 atom stereocenters. The van der Waals surface area contributed by atoms with Gasteiger partial charge in [-0.15, -0.1) is 0 Å². The maximum atomic E-state index is 11.3. The van der Waals surface area contributed by atoms with E-state index in [0.29, 0.717) is 12.3 Å². The number of hydrogen-bond acceptors (Lipinski definition) is 2. The molecule has 0 bridgehead atoms. The predicted molar refractivity (Wildman–Crippen MR) is 53.4 cm³/mol. The molecule has 0 fully saturated rings. The first-order valence-electron chi connectivity index (χ1n) is 4.92. The SMILES string of the molecule is CC[C@H](CCCO)CC(=O)N(C)C. The summed E-state index contributed by atoms with van der Waals surface area (Å²) in [7, 11) is 3.56. The zero-order valence-electron chi connectivity index (χ0n) is 8.92. The normalized spacial score (nSPS) is 12.6. The molecule has 0 aliphatic heterocycles. The highest BCUT2D eigenvalue weighted by atomic mass is 16.2. The molecule has 0 saturated carbocycles. The van der Waals surface area contributed by atoms with E-state index < -0.39 is 0 Å². The minimum atomic E-state index is 0.185. The summed E-state index contributed by atoms with van der Waals surface area (Å²) in [6.07, 6.45) is 3.38. The number of hydrogen-bond donors (Lipinski definition) is 1. The van der Waals surface area contributed by atoms with Crippen molar-refractivity contribution < 1.29 is 9.90 Å². The average molecular weight is 187 g/mol. The standard InChI is InChI=1S/C10H21NO2/c1-4-9(6-5-7-12)8-10(13)11(2)3/h9,12H,4-8H2,1-3H3/t9-/m1/s1. The van der Waals surface area contributed by atoms with Gasteiger partial charge in [-0.05, 0) is 18.8 Å². The van der Waals surface area contributed by atoms with Crippen molar-refractivity contribution in [2.45, 2.75) is 32.6 Å². The lowest BCUT2D eigenvalue weighted by Gasteiger charge is -2.16. The van der Waals surface area contributed by atoms with Crippen molar-refractivity contribution in [1.82, 2.24) is 4.90 Å². The van der Waals surface area contributed by atoms with Crippen LogP contribution in [0.4, 0.5) is 0 Å². The van der Waals surface area contributed by atoms with Crippen molar-refractivity contribution in [2.24, 2.45) is 5.92 Å². The molecule has 0 aromatic carbocycles. The van der Waals surface area contributed by atoms with Gasteiger partial charge in [-0.2, -0.15) is 0 Å². The van der Waals surface area contributed by atoms with Gasteiger partial charge in [-0.1, -0.05) is 13.3 Å². The van der Waals surface area contributed by atoms with Gasteiger partial charge in [-0.25, -0.2) is 0 Å². The molecule has 1 amide bonds. The molecule has 78 valence electrons. The number of carbonyl (C=O) groups is 1. The van der Waals surface area contributed by atoms with Crippen LogP contribution in [-0.2, 0) is 4.79 Å². The molecule has 0 rings (SSSR count). The van der Waals surface area contributed by atoms with Gasteiger partial charge in [0.1, 0.15) is 0 Å². The summed E-state index contributed by atoms with van der Waals surface area (Å²) in [5, 5.41) is 8.66. The predicted octanol–water partition coefficient (Wildman–Crippen LogP) is 1.26. The van der Waals surface area contributed by atoms with E-state index in [1.54, 1.807) is 19.0 Å². The lowest BCUT2D eigenvalue weighted by molar-refractivity contribution is -0.129. The van der Waals surface area contributed by atoms with Gasteiger partial charge in [0.15, 0.2) is 0 Å². The van der Waals surface area contributed by atoms with Crippen molar-refractivity contribution in [3.8, 4) is 0 Å². The van der Waals surface area contributed by atoms with Gasteiger partial charge in [0, 0.05) is 27.1 Å². The second-order valence-corrected chi connectivity index (χ2v) is 3.63. The summed E-state index contributed by atoms with van der Waals surface area (Å²) >= 11 is 0. The van der Waals surface area contributed by atoms with Crippen LogP contribution in [0.5, 0.6) is 0 Å². The Morgan fingerprint density at radius 2 is 2.08 bits per heavy atom. The number of aliphatic hydroxyl groups excluding tert-OH is 1. The molecule has 0 unspecified atom stereocenters. The second kappa shape index (κ2) is 6.89. The zero-order chi connectivity index (χ0) is 10.3. The molecule has 0 radical (unpaired) electrons. The number of carbonyl (C=O) groups excluding carboxylic acids is 1. The lowest BCUT2D eigenvalue weighted by Crippen LogP contribution is -2.24. The van der Waals surface area contributed by atoms with E-state index in [0.717, 1.165) is 19.3 Å². The topological polar surface area (TPSA) is 40.5 Å². The van der Waals surface area contributed by atoms with Crippen LogP contribution in [0.3, 0.4) is 0 Å². The van der Waals surface area contributed by atoms with Gasteiger partial charge in [0.2, 0.25) is 5.91 Å². The summed E-state index contributed by atoms with van der Waals surface area (Å²) in [5.41, 5.74) is 0. The van der Waals surface area contributed by atoms with Crippen LogP contribution >= 0.6 is 0 Å².